The number of rotatable bonds is 5. The quantitative estimate of drug-likeness (QED) is 0.689. The maximum absolute atomic E-state index is 12.0. The van der Waals surface area contributed by atoms with Gasteiger partial charge in [-0.15, -0.1) is 0 Å². The number of aromatic nitrogens is 3. The Balaban J connectivity index is 1.90. The monoisotopic (exact) mass is 273 g/mol. The molecule has 1 saturated heterocycles. The fourth-order valence-corrected chi connectivity index (χ4v) is 3.83. The number of piperidine rings is 1. The van der Waals surface area contributed by atoms with E-state index in [4.69, 9.17) is 0 Å². The van der Waals surface area contributed by atoms with Crippen LogP contribution in [0.3, 0.4) is 0 Å². The molecule has 2 heterocycles. The Morgan fingerprint density at radius 1 is 1.61 bits per heavy atom. The van der Waals surface area contributed by atoms with E-state index < -0.39 is 10.0 Å². The predicted octanol–water partition coefficient (Wildman–Crippen LogP) is -0.215. The minimum Gasteiger partial charge on any atom is -0.316 e. The topological polar surface area (TPSA) is 99.8 Å². The van der Waals surface area contributed by atoms with Crippen LogP contribution in [-0.4, -0.2) is 42.4 Å². The first-order valence-electron chi connectivity index (χ1n) is 6.13. The average Bonchev–Trinajstić information content (AvgIpc) is 2.82. The third kappa shape index (κ3) is 3.76. The normalized spacial score (nSPS) is 22.8. The fourth-order valence-electron chi connectivity index (χ4n) is 2.17. The van der Waals surface area contributed by atoms with Crippen LogP contribution in [0.1, 0.15) is 31.6 Å². The predicted molar refractivity (Wildman–Crippen MR) is 67.3 cm³/mol. The van der Waals surface area contributed by atoms with Gasteiger partial charge in [0.15, 0.2) is 0 Å². The zero-order valence-electron chi connectivity index (χ0n) is 10.4. The summed E-state index contributed by atoms with van der Waals surface area (Å²) in [6.45, 7) is 3.51. The first-order valence-corrected chi connectivity index (χ1v) is 7.78. The van der Waals surface area contributed by atoms with Crippen LogP contribution in [0.15, 0.2) is 6.33 Å². The molecule has 8 heteroatoms. The van der Waals surface area contributed by atoms with E-state index in [-0.39, 0.29) is 17.7 Å². The van der Waals surface area contributed by atoms with E-state index in [0.717, 1.165) is 25.9 Å². The van der Waals surface area contributed by atoms with Crippen molar-refractivity contribution in [2.24, 2.45) is 5.92 Å². The number of aromatic amines is 1. The van der Waals surface area contributed by atoms with Crippen molar-refractivity contribution in [1.82, 2.24) is 25.2 Å². The smallest absolute Gasteiger partial charge is 0.212 e. The molecule has 1 aromatic rings. The van der Waals surface area contributed by atoms with Crippen LogP contribution in [-0.2, 0) is 10.0 Å². The Bertz CT molecular complexity index is 453. The van der Waals surface area contributed by atoms with Crippen LogP contribution in [0.25, 0.3) is 0 Å². The lowest BCUT2D eigenvalue weighted by Crippen LogP contribution is -2.38. The largest absolute Gasteiger partial charge is 0.316 e. The molecule has 0 saturated carbocycles. The molecule has 1 aromatic heterocycles. The molecule has 2 rings (SSSR count). The first kappa shape index (κ1) is 13.4. The number of nitrogens with one attached hydrogen (secondary N) is 3. The van der Waals surface area contributed by atoms with Crippen molar-refractivity contribution in [3.05, 3.63) is 12.2 Å². The summed E-state index contributed by atoms with van der Waals surface area (Å²) >= 11 is 0. The SMILES string of the molecule is CC(NS(=O)(=O)CC1CCCNC1)c1ncn[nH]1. The van der Waals surface area contributed by atoms with E-state index in [2.05, 4.69) is 25.2 Å². The van der Waals surface area contributed by atoms with Crippen LogP contribution < -0.4 is 10.0 Å². The summed E-state index contributed by atoms with van der Waals surface area (Å²) < 4.78 is 26.6. The van der Waals surface area contributed by atoms with Gasteiger partial charge in [0.2, 0.25) is 10.0 Å². The molecule has 1 aliphatic heterocycles. The molecule has 0 aliphatic carbocycles. The summed E-state index contributed by atoms with van der Waals surface area (Å²) in [6, 6.07) is -0.381. The lowest BCUT2D eigenvalue weighted by molar-refractivity contribution is 0.402. The molecule has 7 nitrogen and oxygen atoms in total. The van der Waals surface area contributed by atoms with Gasteiger partial charge in [0.25, 0.3) is 0 Å². The zero-order chi connectivity index (χ0) is 13.0. The number of H-pyrrole nitrogens is 1. The van der Waals surface area contributed by atoms with Gasteiger partial charge < -0.3 is 5.32 Å². The molecule has 18 heavy (non-hydrogen) atoms. The second kappa shape index (κ2) is 5.77. The van der Waals surface area contributed by atoms with E-state index in [1.54, 1.807) is 6.92 Å². The third-order valence-electron chi connectivity index (χ3n) is 3.05. The molecule has 0 bridgehead atoms. The maximum atomic E-state index is 12.0. The molecular weight excluding hydrogens is 254 g/mol. The number of sulfonamides is 1. The van der Waals surface area contributed by atoms with Crippen LogP contribution in [0, 0.1) is 5.92 Å². The lowest BCUT2D eigenvalue weighted by atomic mass is 10.0. The fraction of sp³-hybridized carbons (Fsp3) is 0.800. The standard InChI is InChI=1S/C10H19N5O2S/c1-8(10-12-7-13-14-10)15-18(16,17)6-9-3-2-4-11-5-9/h7-9,11,15H,2-6H2,1H3,(H,12,13,14). The van der Waals surface area contributed by atoms with Crippen LogP contribution in [0.2, 0.25) is 0 Å². The molecular formula is C10H19N5O2S. The van der Waals surface area contributed by atoms with Gasteiger partial charge in [0.1, 0.15) is 12.2 Å². The second-order valence-corrected chi connectivity index (χ2v) is 6.50. The molecule has 2 unspecified atom stereocenters. The third-order valence-corrected chi connectivity index (χ3v) is 4.68. The summed E-state index contributed by atoms with van der Waals surface area (Å²) in [5, 5.41) is 9.59. The highest BCUT2D eigenvalue weighted by Gasteiger charge is 2.23. The number of hydrogen-bond donors (Lipinski definition) is 3. The van der Waals surface area contributed by atoms with Gasteiger partial charge in [-0.3, -0.25) is 5.10 Å². The highest BCUT2D eigenvalue weighted by atomic mass is 32.2. The van der Waals surface area contributed by atoms with Crippen molar-refractivity contribution < 1.29 is 8.42 Å². The minimum atomic E-state index is -3.28. The van der Waals surface area contributed by atoms with E-state index >= 15 is 0 Å². The van der Waals surface area contributed by atoms with E-state index in [9.17, 15) is 8.42 Å². The van der Waals surface area contributed by atoms with Crippen molar-refractivity contribution in [2.45, 2.75) is 25.8 Å². The Morgan fingerprint density at radius 2 is 2.44 bits per heavy atom. The lowest BCUT2D eigenvalue weighted by Gasteiger charge is -2.23. The van der Waals surface area contributed by atoms with Crippen LogP contribution in [0.4, 0.5) is 0 Å². The summed E-state index contributed by atoms with van der Waals surface area (Å²) in [7, 11) is -3.28. The van der Waals surface area contributed by atoms with Crippen molar-refractivity contribution >= 4 is 10.0 Å². The Labute approximate surface area is 107 Å². The van der Waals surface area contributed by atoms with Crippen molar-refractivity contribution in [3.63, 3.8) is 0 Å². The van der Waals surface area contributed by atoms with E-state index in [1.165, 1.54) is 6.33 Å². The van der Waals surface area contributed by atoms with Gasteiger partial charge in [-0.05, 0) is 38.8 Å². The van der Waals surface area contributed by atoms with Gasteiger partial charge in [0.05, 0.1) is 11.8 Å². The van der Waals surface area contributed by atoms with Crippen molar-refractivity contribution in [2.75, 3.05) is 18.8 Å². The molecule has 0 aromatic carbocycles. The molecule has 1 aliphatic rings. The summed E-state index contributed by atoms with van der Waals surface area (Å²) in [5.41, 5.74) is 0. The number of nitrogens with zero attached hydrogens (tertiary/aromatic N) is 2. The molecule has 0 amide bonds. The van der Waals surface area contributed by atoms with Crippen molar-refractivity contribution in [1.29, 1.82) is 0 Å². The highest BCUT2D eigenvalue weighted by Crippen LogP contribution is 2.14. The molecule has 0 radical (unpaired) electrons. The summed E-state index contributed by atoms with van der Waals surface area (Å²) in [4.78, 5) is 3.94. The van der Waals surface area contributed by atoms with E-state index in [0.29, 0.717) is 5.82 Å². The highest BCUT2D eigenvalue weighted by molar-refractivity contribution is 7.89. The van der Waals surface area contributed by atoms with Gasteiger partial charge in [-0.1, -0.05) is 0 Å². The molecule has 0 spiro atoms. The van der Waals surface area contributed by atoms with Gasteiger partial charge in [-0.25, -0.2) is 18.1 Å². The maximum Gasteiger partial charge on any atom is 0.212 e. The van der Waals surface area contributed by atoms with Gasteiger partial charge in [-0.2, -0.15) is 5.10 Å². The average molecular weight is 273 g/mol. The summed E-state index contributed by atoms with van der Waals surface area (Å²) in [6.07, 6.45) is 3.37. The van der Waals surface area contributed by atoms with Gasteiger partial charge in [0, 0.05) is 0 Å². The molecule has 2 atom stereocenters. The Morgan fingerprint density at radius 3 is 3.06 bits per heavy atom. The molecule has 1 fully saturated rings. The molecule has 3 N–H and O–H groups in total. The first-order chi connectivity index (χ1) is 8.57. The number of hydrogen-bond acceptors (Lipinski definition) is 5. The Hall–Kier alpha value is -0.990. The van der Waals surface area contributed by atoms with Crippen LogP contribution in [0.5, 0.6) is 0 Å². The Kier molecular flexibility index (Phi) is 4.31. The van der Waals surface area contributed by atoms with Crippen molar-refractivity contribution in [3.8, 4) is 0 Å². The van der Waals surface area contributed by atoms with E-state index in [1.807, 2.05) is 0 Å². The molecule has 102 valence electrons. The minimum absolute atomic E-state index is 0.165. The summed E-state index contributed by atoms with van der Waals surface area (Å²) in [5.74, 6) is 0.886. The van der Waals surface area contributed by atoms with Crippen LogP contribution >= 0.6 is 0 Å². The zero-order valence-corrected chi connectivity index (χ0v) is 11.2. The second-order valence-electron chi connectivity index (χ2n) is 4.70. The van der Waals surface area contributed by atoms with Gasteiger partial charge >= 0.3 is 0 Å².